The van der Waals surface area contributed by atoms with Crippen LogP contribution in [0.1, 0.15) is 5.82 Å². The highest BCUT2D eigenvalue weighted by atomic mass is 19.1. The SMILES string of the molecule is Fc1cccc2oc(NCc3nn[nH]n3)nc12. The Bertz CT molecular complexity index is 634. The maximum atomic E-state index is 13.3. The summed E-state index contributed by atoms with van der Waals surface area (Å²) < 4.78 is 18.6. The molecule has 3 rings (SSSR count). The lowest BCUT2D eigenvalue weighted by atomic mass is 10.3. The van der Waals surface area contributed by atoms with Gasteiger partial charge in [-0.15, -0.1) is 10.2 Å². The second-order valence-corrected chi connectivity index (χ2v) is 3.29. The molecule has 8 heteroatoms. The number of tetrazole rings is 1. The highest BCUT2D eigenvalue weighted by molar-refractivity contribution is 5.74. The van der Waals surface area contributed by atoms with Crippen molar-refractivity contribution in [1.82, 2.24) is 25.6 Å². The topological polar surface area (TPSA) is 92.5 Å². The van der Waals surface area contributed by atoms with E-state index < -0.39 is 5.82 Å². The summed E-state index contributed by atoms with van der Waals surface area (Å²) in [5.41, 5.74) is 0.587. The maximum Gasteiger partial charge on any atom is 0.296 e. The molecule has 0 fully saturated rings. The Balaban J connectivity index is 1.84. The van der Waals surface area contributed by atoms with Crippen LogP contribution in [0.25, 0.3) is 11.1 Å². The first kappa shape index (κ1) is 9.70. The van der Waals surface area contributed by atoms with E-state index in [1.807, 2.05) is 0 Å². The van der Waals surface area contributed by atoms with Crippen molar-refractivity contribution in [2.75, 3.05) is 5.32 Å². The molecule has 0 aliphatic heterocycles. The van der Waals surface area contributed by atoms with Crippen LogP contribution in [0.2, 0.25) is 0 Å². The zero-order valence-corrected chi connectivity index (χ0v) is 8.51. The van der Waals surface area contributed by atoms with Gasteiger partial charge in [-0.25, -0.2) is 4.39 Å². The van der Waals surface area contributed by atoms with Crippen molar-refractivity contribution in [3.05, 3.63) is 29.8 Å². The standard InChI is InChI=1S/C9H7FN6O/c10-5-2-1-3-6-8(5)12-9(17-6)11-4-7-13-15-16-14-7/h1-3H,4H2,(H,11,12)(H,13,14,15,16). The smallest absolute Gasteiger partial charge is 0.296 e. The Morgan fingerprint density at radius 1 is 1.41 bits per heavy atom. The lowest BCUT2D eigenvalue weighted by Gasteiger charge is -1.94. The molecule has 2 heterocycles. The number of anilines is 1. The predicted octanol–water partition coefficient (Wildman–Crippen LogP) is 1.09. The van der Waals surface area contributed by atoms with E-state index in [4.69, 9.17) is 4.42 Å². The zero-order valence-electron chi connectivity index (χ0n) is 8.51. The zero-order chi connectivity index (χ0) is 11.7. The first-order valence-corrected chi connectivity index (χ1v) is 4.84. The molecule has 86 valence electrons. The molecule has 0 aliphatic carbocycles. The average Bonchev–Trinajstić information content (AvgIpc) is 2.95. The number of aromatic amines is 1. The number of para-hydroxylation sites is 1. The van der Waals surface area contributed by atoms with Gasteiger partial charge in [0.1, 0.15) is 5.52 Å². The summed E-state index contributed by atoms with van der Waals surface area (Å²) in [6.45, 7) is 0.297. The predicted molar refractivity (Wildman–Crippen MR) is 55.5 cm³/mol. The van der Waals surface area contributed by atoms with Gasteiger partial charge in [0.05, 0.1) is 6.54 Å². The minimum absolute atomic E-state index is 0.197. The van der Waals surface area contributed by atoms with Gasteiger partial charge in [0, 0.05) is 0 Å². The van der Waals surface area contributed by atoms with Gasteiger partial charge in [-0.1, -0.05) is 11.3 Å². The maximum absolute atomic E-state index is 13.3. The highest BCUT2D eigenvalue weighted by Gasteiger charge is 2.09. The number of nitrogens with zero attached hydrogens (tertiary/aromatic N) is 4. The van der Waals surface area contributed by atoms with E-state index in [1.54, 1.807) is 12.1 Å². The summed E-state index contributed by atoms with van der Waals surface area (Å²) in [4.78, 5) is 3.97. The molecule has 2 N–H and O–H groups in total. The second kappa shape index (κ2) is 3.81. The van der Waals surface area contributed by atoms with E-state index in [-0.39, 0.29) is 11.5 Å². The van der Waals surface area contributed by atoms with E-state index in [1.165, 1.54) is 6.07 Å². The van der Waals surface area contributed by atoms with Crippen molar-refractivity contribution in [3.63, 3.8) is 0 Å². The van der Waals surface area contributed by atoms with Crippen molar-refractivity contribution >= 4 is 17.1 Å². The Morgan fingerprint density at radius 2 is 2.35 bits per heavy atom. The van der Waals surface area contributed by atoms with Crippen LogP contribution in [-0.2, 0) is 6.54 Å². The number of rotatable bonds is 3. The summed E-state index contributed by atoms with van der Waals surface area (Å²) >= 11 is 0. The van der Waals surface area contributed by atoms with Crippen molar-refractivity contribution < 1.29 is 8.81 Å². The number of benzene rings is 1. The molecule has 0 saturated carbocycles. The molecule has 0 aliphatic rings. The van der Waals surface area contributed by atoms with Crippen LogP contribution in [0.3, 0.4) is 0 Å². The Hall–Kier alpha value is -2.51. The van der Waals surface area contributed by atoms with Crippen LogP contribution in [0.5, 0.6) is 0 Å². The van der Waals surface area contributed by atoms with Gasteiger partial charge < -0.3 is 9.73 Å². The van der Waals surface area contributed by atoms with E-state index in [9.17, 15) is 4.39 Å². The molecule has 0 radical (unpaired) electrons. The van der Waals surface area contributed by atoms with Gasteiger partial charge in [-0.3, -0.25) is 0 Å². The number of nitrogens with one attached hydrogen (secondary N) is 2. The molecular weight excluding hydrogens is 227 g/mol. The van der Waals surface area contributed by atoms with Crippen molar-refractivity contribution in [3.8, 4) is 0 Å². The van der Waals surface area contributed by atoms with Crippen LogP contribution >= 0.6 is 0 Å². The largest absolute Gasteiger partial charge is 0.423 e. The number of hydrogen-bond donors (Lipinski definition) is 2. The molecule has 0 amide bonds. The molecule has 0 unspecified atom stereocenters. The molecule has 7 nitrogen and oxygen atoms in total. The van der Waals surface area contributed by atoms with Crippen molar-refractivity contribution in [1.29, 1.82) is 0 Å². The fourth-order valence-electron chi connectivity index (χ4n) is 1.40. The van der Waals surface area contributed by atoms with Gasteiger partial charge in [-0.05, 0) is 12.1 Å². The quantitative estimate of drug-likeness (QED) is 0.704. The molecule has 0 spiro atoms. The van der Waals surface area contributed by atoms with Crippen LogP contribution in [-0.4, -0.2) is 25.6 Å². The molecule has 17 heavy (non-hydrogen) atoms. The summed E-state index contributed by atoms with van der Waals surface area (Å²) in [6.07, 6.45) is 0. The lowest BCUT2D eigenvalue weighted by Crippen LogP contribution is -2.01. The Morgan fingerprint density at radius 3 is 3.12 bits per heavy atom. The number of fused-ring (bicyclic) bond motifs is 1. The third-order valence-corrected chi connectivity index (χ3v) is 2.16. The third-order valence-electron chi connectivity index (χ3n) is 2.16. The molecule has 0 saturated heterocycles. The van der Waals surface area contributed by atoms with Crippen LogP contribution < -0.4 is 5.32 Å². The summed E-state index contributed by atoms with van der Waals surface area (Å²) in [7, 11) is 0. The average molecular weight is 234 g/mol. The van der Waals surface area contributed by atoms with Gasteiger partial charge >= 0.3 is 0 Å². The summed E-state index contributed by atoms with van der Waals surface area (Å²) in [5.74, 6) is 0.0478. The number of H-pyrrole nitrogens is 1. The van der Waals surface area contributed by atoms with Gasteiger partial charge in [-0.2, -0.15) is 10.2 Å². The lowest BCUT2D eigenvalue weighted by molar-refractivity contribution is 0.611. The Kier molecular flexibility index (Phi) is 2.18. The molecular formula is C9H7FN6O. The minimum Gasteiger partial charge on any atom is -0.423 e. The van der Waals surface area contributed by atoms with Gasteiger partial charge in [0.2, 0.25) is 0 Å². The van der Waals surface area contributed by atoms with Crippen molar-refractivity contribution in [2.45, 2.75) is 6.54 Å². The van der Waals surface area contributed by atoms with E-state index in [0.717, 1.165) is 0 Å². The van der Waals surface area contributed by atoms with Gasteiger partial charge in [0.15, 0.2) is 17.2 Å². The van der Waals surface area contributed by atoms with E-state index in [0.29, 0.717) is 18.0 Å². The van der Waals surface area contributed by atoms with Crippen LogP contribution in [0, 0.1) is 5.82 Å². The fraction of sp³-hybridized carbons (Fsp3) is 0.111. The molecule has 3 aromatic rings. The normalized spacial score (nSPS) is 10.9. The first-order valence-electron chi connectivity index (χ1n) is 4.84. The number of aromatic nitrogens is 5. The summed E-state index contributed by atoms with van der Waals surface area (Å²) in [6, 6.07) is 4.75. The van der Waals surface area contributed by atoms with Crippen molar-refractivity contribution in [2.24, 2.45) is 0 Å². The Labute approximate surface area is 94.0 Å². The van der Waals surface area contributed by atoms with Crippen LogP contribution in [0.15, 0.2) is 22.6 Å². The second-order valence-electron chi connectivity index (χ2n) is 3.29. The molecule has 0 atom stereocenters. The number of hydrogen-bond acceptors (Lipinski definition) is 6. The van der Waals surface area contributed by atoms with Crippen LogP contribution in [0.4, 0.5) is 10.4 Å². The third kappa shape index (κ3) is 1.80. The first-order chi connectivity index (χ1) is 8.33. The molecule has 1 aromatic carbocycles. The highest BCUT2D eigenvalue weighted by Crippen LogP contribution is 2.21. The summed E-state index contributed by atoms with van der Waals surface area (Å²) in [5, 5.41) is 16.1. The fourth-order valence-corrected chi connectivity index (χ4v) is 1.40. The van der Waals surface area contributed by atoms with Gasteiger partial charge in [0.25, 0.3) is 6.01 Å². The molecule has 0 bridgehead atoms. The van der Waals surface area contributed by atoms with E-state index >= 15 is 0 Å². The van der Waals surface area contributed by atoms with E-state index in [2.05, 4.69) is 30.9 Å². The monoisotopic (exact) mass is 234 g/mol. The molecule has 2 aromatic heterocycles. The number of oxazole rings is 1. The number of halogens is 1. The minimum atomic E-state index is -0.418.